The highest BCUT2D eigenvalue weighted by Gasteiger charge is 2.31. The number of Topliss-reactive ketones (excluding diaryl/α,β-unsaturated/α-hetero) is 1. The Bertz CT molecular complexity index is 2070. The molecule has 0 unspecified atom stereocenters. The number of carbonyl (C=O) groups excluding carboxylic acids is 5. The third kappa shape index (κ3) is 12.6. The molecule has 0 radical (unpaired) electrons. The van der Waals surface area contributed by atoms with E-state index in [9.17, 15) is 24.0 Å². The second-order valence-corrected chi connectivity index (χ2v) is 16.3. The van der Waals surface area contributed by atoms with Gasteiger partial charge in [-0.05, 0) is 141 Å². The van der Waals surface area contributed by atoms with Crippen LogP contribution in [0.2, 0.25) is 0 Å². The summed E-state index contributed by atoms with van der Waals surface area (Å²) in [5.74, 6) is -1.59. The minimum absolute atomic E-state index is 0.189. The zero-order valence-corrected chi connectivity index (χ0v) is 34.8. The summed E-state index contributed by atoms with van der Waals surface area (Å²) >= 11 is 0. The second kappa shape index (κ2) is 21.1. The fraction of sp³-hybridized carbons (Fsp3) is 0.460. The molecule has 4 aromatic rings. The maximum atomic E-state index is 13.3. The highest BCUT2D eigenvalue weighted by molar-refractivity contribution is 6.02. The molecule has 9 heteroatoms. The minimum atomic E-state index is -0.411. The molecule has 6 rings (SSSR count). The predicted molar refractivity (Wildman–Crippen MR) is 226 cm³/mol. The Morgan fingerprint density at radius 3 is 1.39 bits per heavy atom. The highest BCUT2D eigenvalue weighted by atomic mass is 16.6. The van der Waals surface area contributed by atoms with Crippen molar-refractivity contribution in [2.45, 2.75) is 136 Å². The minimum Gasteiger partial charge on any atom is -0.462 e. The lowest BCUT2D eigenvalue weighted by Crippen LogP contribution is -2.30. The molecule has 2 aliphatic carbocycles. The SMILES string of the molecule is CCCc1ccc(CCC(=O)OC2CCC(C(=O)Oc3ccc4cc(OC(=O)C5CCC(OC(=O)CCc6ccc(CCC)cc6)CC5)c(C(C)=O)cc4c3)CC2)cc1. The van der Waals surface area contributed by atoms with Gasteiger partial charge in [-0.3, -0.25) is 24.0 Å². The summed E-state index contributed by atoms with van der Waals surface area (Å²) < 4.78 is 23.1. The maximum Gasteiger partial charge on any atom is 0.314 e. The number of aryl methyl sites for hydroxylation is 4. The smallest absolute Gasteiger partial charge is 0.314 e. The molecule has 4 aromatic carbocycles. The van der Waals surface area contributed by atoms with E-state index in [1.54, 1.807) is 30.3 Å². The Labute approximate surface area is 348 Å². The Hall–Kier alpha value is -5.31. The van der Waals surface area contributed by atoms with Crippen LogP contribution in [0.3, 0.4) is 0 Å². The lowest BCUT2D eigenvalue weighted by atomic mass is 9.87. The Morgan fingerprint density at radius 2 is 0.949 bits per heavy atom. The van der Waals surface area contributed by atoms with Gasteiger partial charge in [0.15, 0.2) is 5.78 Å². The van der Waals surface area contributed by atoms with Crippen LogP contribution in [-0.2, 0) is 54.3 Å². The molecule has 0 bridgehead atoms. The van der Waals surface area contributed by atoms with E-state index in [0.29, 0.717) is 88.2 Å². The van der Waals surface area contributed by atoms with Gasteiger partial charge in [0.2, 0.25) is 0 Å². The number of hydrogen-bond donors (Lipinski definition) is 0. The normalized spacial score (nSPS) is 19.1. The molecule has 312 valence electrons. The highest BCUT2D eigenvalue weighted by Crippen LogP contribution is 2.34. The van der Waals surface area contributed by atoms with Gasteiger partial charge in [-0.2, -0.15) is 0 Å². The van der Waals surface area contributed by atoms with E-state index in [2.05, 4.69) is 62.4 Å². The molecule has 0 spiro atoms. The van der Waals surface area contributed by atoms with Crippen LogP contribution in [0.25, 0.3) is 10.8 Å². The molecule has 2 fully saturated rings. The van der Waals surface area contributed by atoms with Crippen molar-refractivity contribution in [3.05, 3.63) is 107 Å². The van der Waals surface area contributed by atoms with Crippen molar-refractivity contribution in [2.75, 3.05) is 0 Å². The maximum absolute atomic E-state index is 13.3. The monoisotopic (exact) mass is 802 g/mol. The van der Waals surface area contributed by atoms with Crippen molar-refractivity contribution >= 4 is 40.4 Å². The third-order valence-corrected chi connectivity index (χ3v) is 11.7. The summed E-state index contributed by atoms with van der Waals surface area (Å²) in [4.78, 5) is 64.4. The summed E-state index contributed by atoms with van der Waals surface area (Å²) in [6.45, 7) is 5.73. The van der Waals surface area contributed by atoms with Gasteiger partial charge in [0.1, 0.15) is 23.7 Å². The molecule has 2 saturated carbocycles. The van der Waals surface area contributed by atoms with E-state index in [4.69, 9.17) is 18.9 Å². The third-order valence-electron chi connectivity index (χ3n) is 11.7. The van der Waals surface area contributed by atoms with Crippen LogP contribution in [-0.4, -0.2) is 41.9 Å². The first-order valence-corrected chi connectivity index (χ1v) is 21.6. The number of benzene rings is 4. The van der Waals surface area contributed by atoms with Crippen LogP contribution in [0.4, 0.5) is 0 Å². The summed E-state index contributed by atoms with van der Waals surface area (Å²) in [5, 5.41) is 1.39. The van der Waals surface area contributed by atoms with Crippen molar-refractivity contribution < 1.29 is 42.9 Å². The average molecular weight is 803 g/mol. The fourth-order valence-electron chi connectivity index (χ4n) is 8.21. The average Bonchev–Trinajstić information content (AvgIpc) is 3.23. The van der Waals surface area contributed by atoms with Gasteiger partial charge < -0.3 is 18.9 Å². The van der Waals surface area contributed by atoms with Gasteiger partial charge in [-0.25, -0.2) is 0 Å². The number of hydrogen-bond acceptors (Lipinski definition) is 9. The number of ketones is 1. The summed E-state index contributed by atoms with van der Waals surface area (Å²) in [6.07, 6.45) is 10.3. The van der Waals surface area contributed by atoms with E-state index in [1.807, 2.05) is 0 Å². The van der Waals surface area contributed by atoms with Gasteiger partial charge in [-0.15, -0.1) is 0 Å². The van der Waals surface area contributed by atoms with Crippen molar-refractivity contribution in [1.29, 1.82) is 0 Å². The van der Waals surface area contributed by atoms with Gasteiger partial charge >= 0.3 is 23.9 Å². The molecule has 0 saturated heterocycles. The van der Waals surface area contributed by atoms with Gasteiger partial charge in [0.05, 0.1) is 17.4 Å². The van der Waals surface area contributed by atoms with Crippen LogP contribution >= 0.6 is 0 Å². The van der Waals surface area contributed by atoms with Crippen molar-refractivity contribution in [1.82, 2.24) is 0 Å². The number of rotatable bonds is 17. The molecule has 59 heavy (non-hydrogen) atoms. The van der Waals surface area contributed by atoms with Gasteiger partial charge in [0, 0.05) is 12.8 Å². The standard InChI is InChI=1S/C50H58O9/c1-4-6-34-8-12-36(13-9-34)16-28-47(52)56-42-23-18-38(19-24-42)49(54)58-44-27-22-40-32-46(45(33(3)51)31-41(40)30-44)59-50(55)39-20-25-43(26-21-39)57-48(53)29-17-37-14-10-35(7-5-2)11-15-37/h8-15,22,27,30-32,38-39,42-43H,4-7,16-21,23-26,28-29H2,1-3H3. The Balaban J connectivity index is 0.941. The first kappa shape index (κ1) is 43.3. The van der Waals surface area contributed by atoms with Crippen molar-refractivity contribution in [2.24, 2.45) is 11.8 Å². The zero-order chi connectivity index (χ0) is 41.7. The van der Waals surface area contributed by atoms with E-state index in [-0.39, 0.29) is 59.0 Å². The number of esters is 4. The number of fused-ring (bicyclic) bond motifs is 1. The molecular weight excluding hydrogens is 745 g/mol. The van der Waals surface area contributed by atoms with E-state index >= 15 is 0 Å². The number of carbonyl (C=O) groups is 5. The molecule has 2 aliphatic rings. The number of ether oxygens (including phenoxy) is 4. The lowest BCUT2D eigenvalue weighted by molar-refractivity contribution is -0.153. The molecule has 0 aliphatic heterocycles. The van der Waals surface area contributed by atoms with E-state index in [1.165, 1.54) is 18.1 Å². The Morgan fingerprint density at radius 1 is 0.508 bits per heavy atom. The molecule has 0 aromatic heterocycles. The van der Waals surface area contributed by atoms with Crippen LogP contribution in [0.15, 0.2) is 78.9 Å². The predicted octanol–water partition coefficient (Wildman–Crippen LogP) is 10.2. The van der Waals surface area contributed by atoms with E-state index < -0.39 is 5.97 Å². The van der Waals surface area contributed by atoms with Crippen molar-refractivity contribution in [3.8, 4) is 11.5 Å². The van der Waals surface area contributed by atoms with Crippen LogP contribution in [0.5, 0.6) is 11.5 Å². The molecule has 0 amide bonds. The quantitative estimate of drug-likeness (QED) is 0.0583. The summed E-state index contributed by atoms with van der Waals surface area (Å²) in [7, 11) is 0. The molecule has 0 N–H and O–H groups in total. The molecular formula is C50H58O9. The molecule has 0 atom stereocenters. The molecule has 9 nitrogen and oxygen atoms in total. The lowest BCUT2D eigenvalue weighted by Gasteiger charge is -2.27. The summed E-state index contributed by atoms with van der Waals surface area (Å²) in [5.41, 5.74) is 5.08. The Kier molecular flexibility index (Phi) is 15.5. The zero-order valence-electron chi connectivity index (χ0n) is 34.8. The first-order valence-electron chi connectivity index (χ1n) is 21.6. The summed E-state index contributed by atoms with van der Waals surface area (Å²) in [6, 6.07) is 25.3. The van der Waals surface area contributed by atoms with Crippen molar-refractivity contribution in [3.63, 3.8) is 0 Å². The molecule has 0 heterocycles. The van der Waals surface area contributed by atoms with Crippen LogP contribution in [0, 0.1) is 11.8 Å². The van der Waals surface area contributed by atoms with Crippen LogP contribution in [0.1, 0.15) is 130 Å². The van der Waals surface area contributed by atoms with Gasteiger partial charge in [-0.1, -0.05) is 81.3 Å². The second-order valence-electron chi connectivity index (χ2n) is 16.3. The van der Waals surface area contributed by atoms with Crippen LogP contribution < -0.4 is 9.47 Å². The van der Waals surface area contributed by atoms with E-state index in [0.717, 1.165) is 42.2 Å². The fourth-order valence-corrected chi connectivity index (χ4v) is 8.21. The van der Waals surface area contributed by atoms with Gasteiger partial charge in [0.25, 0.3) is 0 Å². The topological polar surface area (TPSA) is 122 Å². The largest absolute Gasteiger partial charge is 0.462 e. The first-order chi connectivity index (χ1) is 28.6.